The first-order chi connectivity index (χ1) is 5.35. The van der Waals surface area contributed by atoms with Gasteiger partial charge in [0.05, 0.1) is 5.75 Å². The van der Waals surface area contributed by atoms with Gasteiger partial charge in [0, 0.05) is 12.3 Å². The van der Waals surface area contributed by atoms with Gasteiger partial charge in [-0.3, -0.25) is 0 Å². The van der Waals surface area contributed by atoms with Gasteiger partial charge in [0.25, 0.3) is 0 Å². The van der Waals surface area contributed by atoms with E-state index < -0.39 is 9.84 Å². The molecule has 12 heavy (non-hydrogen) atoms. The standard InChI is InChI=1S/C8H17NO2S/c1-7(2)5-8(9-3)6-12(4,10)11/h5,8-9H,6H2,1-4H3. The van der Waals surface area contributed by atoms with Crippen molar-refractivity contribution in [1.82, 2.24) is 5.32 Å². The van der Waals surface area contributed by atoms with E-state index in [1.54, 1.807) is 7.05 Å². The molecule has 0 amide bonds. The summed E-state index contributed by atoms with van der Waals surface area (Å²) in [5.41, 5.74) is 1.12. The number of hydrogen-bond donors (Lipinski definition) is 1. The molecule has 0 aromatic carbocycles. The summed E-state index contributed by atoms with van der Waals surface area (Å²) in [5.74, 6) is 0.161. The third-order valence-corrected chi connectivity index (χ3v) is 2.35. The Bertz CT molecular complexity index is 250. The van der Waals surface area contributed by atoms with Crippen molar-refractivity contribution in [1.29, 1.82) is 0 Å². The number of likely N-dealkylation sites (N-methyl/N-ethyl adjacent to an activating group) is 1. The quantitative estimate of drug-likeness (QED) is 0.661. The molecule has 0 aliphatic carbocycles. The summed E-state index contributed by atoms with van der Waals surface area (Å²) < 4.78 is 21.8. The second kappa shape index (κ2) is 4.62. The molecule has 3 nitrogen and oxygen atoms in total. The van der Waals surface area contributed by atoms with Gasteiger partial charge in [0.15, 0.2) is 0 Å². The highest BCUT2D eigenvalue weighted by Crippen LogP contribution is 1.97. The first-order valence-corrected chi connectivity index (χ1v) is 5.91. The first kappa shape index (κ1) is 11.6. The van der Waals surface area contributed by atoms with Crippen LogP contribution in [0.5, 0.6) is 0 Å². The Morgan fingerprint density at radius 1 is 1.50 bits per heavy atom. The number of allylic oxidation sites excluding steroid dienone is 1. The third-order valence-electron chi connectivity index (χ3n) is 1.39. The Kier molecular flexibility index (Phi) is 4.49. The van der Waals surface area contributed by atoms with Crippen molar-refractivity contribution in [2.24, 2.45) is 0 Å². The van der Waals surface area contributed by atoms with Gasteiger partial charge in [-0.2, -0.15) is 0 Å². The van der Waals surface area contributed by atoms with Crippen molar-refractivity contribution in [3.63, 3.8) is 0 Å². The Morgan fingerprint density at radius 2 is 2.00 bits per heavy atom. The summed E-state index contributed by atoms with van der Waals surface area (Å²) in [6.07, 6.45) is 3.16. The maximum absolute atomic E-state index is 10.9. The second-order valence-electron chi connectivity index (χ2n) is 3.23. The molecule has 0 heterocycles. The smallest absolute Gasteiger partial charge is 0.149 e. The Labute approximate surface area is 74.8 Å². The summed E-state index contributed by atoms with van der Waals surface area (Å²) in [6.45, 7) is 3.90. The first-order valence-electron chi connectivity index (χ1n) is 3.85. The minimum Gasteiger partial charge on any atom is -0.313 e. The summed E-state index contributed by atoms with van der Waals surface area (Å²) in [6, 6.07) is -0.0648. The molecule has 0 saturated carbocycles. The molecule has 72 valence electrons. The van der Waals surface area contributed by atoms with Gasteiger partial charge in [0.2, 0.25) is 0 Å². The maximum atomic E-state index is 10.9. The van der Waals surface area contributed by atoms with Gasteiger partial charge in [-0.1, -0.05) is 11.6 Å². The lowest BCUT2D eigenvalue weighted by molar-refractivity contribution is 0.591. The highest BCUT2D eigenvalue weighted by atomic mass is 32.2. The fourth-order valence-corrected chi connectivity index (χ4v) is 1.86. The highest BCUT2D eigenvalue weighted by Gasteiger charge is 2.09. The van der Waals surface area contributed by atoms with Crippen LogP contribution in [0.25, 0.3) is 0 Å². The summed E-state index contributed by atoms with van der Waals surface area (Å²) in [7, 11) is -1.13. The molecule has 0 bridgehead atoms. The monoisotopic (exact) mass is 191 g/mol. The van der Waals surface area contributed by atoms with Crippen LogP contribution >= 0.6 is 0 Å². The van der Waals surface area contributed by atoms with Crippen molar-refractivity contribution in [2.45, 2.75) is 19.9 Å². The van der Waals surface area contributed by atoms with E-state index >= 15 is 0 Å². The predicted octanol–water partition coefficient (Wildman–Crippen LogP) is 0.585. The molecule has 4 heteroatoms. The fraction of sp³-hybridized carbons (Fsp3) is 0.750. The topological polar surface area (TPSA) is 46.2 Å². The lowest BCUT2D eigenvalue weighted by Crippen LogP contribution is -2.30. The second-order valence-corrected chi connectivity index (χ2v) is 5.42. The van der Waals surface area contributed by atoms with E-state index in [0.29, 0.717) is 0 Å². The van der Waals surface area contributed by atoms with Crippen LogP contribution in [-0.2, 0) is 9.84 Å². The zero-order chi connectivity index (χ0) is 9.78. The molecular formula is C8H17NO2S. The average molecular weight is 191 g/mol. The van der Waals surface area contributed by atoms with Gasteiger partial charge < -0.3 is 5.32 Å². The Balaban J connectivity index is 4.30. The van der Waals surface area contributed by atoms with Crippen molar-refractivity contribution in [3.8, 4) is 0 Å². The van der Waals surface area contributed by atoms with Gasteiger partial charge in [0.1, 0.15) is 9.84 Å². The Hall–Kier alpha value is -0.350. The average Bonchev–Trinajstić information content (AvgIpc) is 1.82. The summed E-state index contributed by atoms with van der Waals surface area (Å²) in [5, 5.41) is 2.93. The summed E-state index contributed by atoms with van der Waals surface area (Å²) >= 11 is 0. The molecule has 0 radical (unpaired) electrons. The molecule has 1 N–H and O–H groups in total. The molecule has 0 fully saturated rings. The SMILES string of the molecule is CNC(C=C(C)C)CS(C)(=O)=O. The Morgan fingerprint density at radius 3 is 2.25 bits per heavy atom. The van der Waals surface area contributed by atoms with Gasteiger partial charge in [-0.05, 0) is 20.9 Å². The van der Waals surface area contributed by atoms with Crippen LogP contribution in [0.15, 0.2) is 11.6 Å². The van der Waals surface area contributed by atoms with Crippen molar-refractivity contribution >= 4 is 9.84 Å². The van der Waals surface area contributed by atoms with Crippen LogP contribution in [0.1, 0.15) is 13.8 Å². The predicted molar refractivity (Wildman–Crippen MR) is 52.0 cm³/mol. The van der Waals surface area contributed by atoms with Crippen LogP contribution in [0.3, 0.4) is 0 Å². The van der Waals surface area contributed by atoms with E-state index in [1.165, 1.54) is 6.26 Å². The molecule has 0 saturated heterocycles. The third kappa shape index (κ3) is 6.37. The molecular weight excluding hydrogens is 174 g/mol. The minimum atomic E-state index is -2.89. The molecule has 0 aliphatic heterocycles. The number of sulfone groups is 1. The zero-order valence-electron chi connectivity index (χ0n) is 8.09. The van der Waals surface area contributed by atoms with Crippen LogP contribution < -0.4 is 5.32 Å². The lowest BCUT2D eigenvalue weighted by atomic mass is 10.2. The van der Waals surface area contributed by atoms with Crippen LogP contribution in [-0.4, -0.2) is 33.5 Å². The van der Waals surface area contributed by atoms with E-state index in [0.717, 1.165) is 5.57 Å². The maximum Gasteiger partial charge on any atom is 0.149 e. The molecule has 0 aromatic heterocycles. The van der Waals surface area contributed by atoms with E-state index in [2.05, 4.69) is 5.32 Å². The van der Waals surface area contributed by atoms with E-state index in [-0.39, 0.29) is 11.8 Å². The van der Waals surface area contributed by atoms with E-state index in [9.17, 15) is 8.42 Å². The molecule has 0 spiro atoms. The lowest BCUT2D eigenvalue weighted by Gasteiger charge is -2.10. The van der Waals surface area contributed by atoms with E-state index in [4.69, 9.17) is 0 Å². The van der Waals surface area contributed by atoms with Crippen molar-refractivity contribution in [3.05, 3.63) is 11.6 Å². The normalized spacial score (nSPS) is 14.0. The molecule has 1 unspecified atom stereocenters. The zero-order valence-corrected chi connectivity index (χ0v) is 8.90. The van der Waals surface area contributed by atoms with Gasteiger partial charge >= 0.3 is 0 Å². The largest absolute Gasteiger partial charge is 0.313 e. The fourth-order valence-electron chi connectivity index (χ4n) is 0.943. The molecule has 1 atom stereocenters. The number of rotatable bonds is 4. The van der Waals surface area contributed by atoms with Gasteiger partial charge in [-0.25, -0.2) is 8.42 Å². The van der Waals surface area contributed by atoms with E-state index in [1.807, 2.05) is 19.9 Å². The molecule has 0 aliphatic rings. The van der Waals surface area contributed by atoms with Crippen molar-refractivity contribution in [2.75, 3.05) is 19.1 Å². The highest BCUT2D eigenvalue weighted by molar-refractivity contribution is 7.90. The number of nitrogens with one attached hydrogen (secondary N) is 1. The van der Waals surface area contributed by atoms with Crippen LogP contribution in [0.2, 0.25) is 0 Å². The van der Waals surface area contributed by atoms with Crippen molar-refractivity contribution < 1.29 is 8.42 Å². The molecule has 0 aromatic rings. The minimum absolute atomic E-state index is 0.0648. The molecule has 0 rings (SSSR count). The van der Waals surface area contributed by atoms with Crippen LogP contribution in [0.4, 0.5) is 0 Å². The summed E-state index contributed by atoms with van der Waals surface area (Å²) in [4.78, 5) is 0. The van der Waals surface area contributed by atoms with Crippen LogP contribution in [0, 0.1) is 0 Å². The number of hydrogen-bond acceptors (Lipinski definition) is 3. The van der Waals surface area contributed by atoms with Gasteiger partial charge in [-0.15, -0.1) is 0 Å².